The van der Waals surface area contributed by atoms with Gasteiger partial charge in [-0.15, -0.1) is 0 Å². The Morgan fingerprint density at radius 3 is 1.69 bits per heavy atom. The van der Waals surface area contributed by atoms with E-state index in [4.69, 9.17) is 29.4 Å². The van der Waals surface area contributed by atoms with Crippen LogP contribution >= 0.6 is 22.7 Å². The number of aryl methyl sites for hydroxylation is 1. The third-order valence-electron chi connectivity index (χ3n) is 7.91. The molecular weight excluding hydrogens is 641 g/mol. The Kier molecular flexibility index (Phi) is 7.30. The van der Waals surface area contributed by atoms with E-state index >= 15 is 0 Å². The smallest absolute Gasteiger partial charge is 0.328 e. The molecule has 0 saturated heterocycles. The molecule has 8 aromatic rings. The van der Waals surface area contributed by atoms with E-state index in [2.05, 4.69) is 20.8 Å². The fourth-order valence-electron chi connectivity index (χ4n) is 5.80. The molecule has 0 aliphatic rings. The van der Waals surface area contributed by atoms with Crippen molar-refractivity contribution in [2.45, 2.75) is 27.3 Å². The van der Waals surface area contributed by atoms with Gasteiger partial charge >= 0.3 is 5.69 Å². The highest BCUT2D eigenvalue weighted by Crippen LogP contribution is 2.44. The predicted octanol–water partition coefficient (Wildman–Crippen LogP) is 9.31. The maximum atomic E-state index is 13.7. The van der Waals surface area contributed by atoms with E-state index in [1.54, 1.807) is 24.0 Å². The summed E-state index contributed by atoms with van der Waals surface area (Å²) < 4.78 is 18.5. The van der Waals surface area contributed by atoms with Crippen LogP contribution in [0.3, 0.4) is 0 Å². The summed E-state index contributed by atoms with van der Waals surface area (Å²) in [5, 5.41) is 1.02. The quantitative estimate of drug-likeness (QED) is 0.167. The molecule has 5 aromatic heterocycles. The molecule has 0 bridgehead atoms. The van der Waals surface area contributed by atoms with Crippen molar-refractivity contribution in [1.29, 1.82) is 0 Å². The minimum atomic E-state index is -0.137. The fourth-order valence-corrected chi connectivity index (χ4v) is 7.45. The number of ether oxygens (including phenoxy) is 2. The largest absolute Gasteiger partial charge is 0.429 e. The van der Waals surface area contributed by atoms with Crippen molar-refractivity contribution in [1.82, 2.24) is 29.1 Å². The Bertz CT molecular complexity index is 2470. The van der Waals surface area contributed by atoms with Gasteiger partial charge in [-0.1, -0.05) is 67.7 Å². The number of benzene rings is 3. The first-order chi connectivity index (χ1) is 23.2. The number of aromatic nitrogens is 6. The number of fused-ring (bicyclic) bond motifs is 3. The Morgan fingerprint density at radius 2 is 1.19 bits per heavy atom. The highest BCUT2D eigenvalue weighted by Gasteiger charge is 2.25. The fraction of sp³-hybridized carbons (Fsp3) is 0.162. The summed E-state index contributed by atoms with van der Waals surface area (Å²) in [5.41, 5.74) is 5.70. The topological polar surface area (TPSA) is 97.0 Å². The second kappa shape index (κ2) is 11.7. The molecule has 0 atom stereocenters. The van der Waals surface area contributed by atoms with Crippen LogP contribution in [0, 0.1) is 5.41 Å². The molecule has 0 saturated carbocycles. The molecule has 238 valence electrons. The standard InChI is InChI=1S/C37H30N6O3S2/c1-37(2,3)21-43-27-20-23(33-29(14-10-18-39-33)46-35-41-25-12-6-8-16-31(25)48-35)22(19-26(27)42(4)36(43)44)32-28(13-9-17-38-32)45-34-40-24-11-5-7-15-30(24)47-34/h5-20H,21H2,1-4H3. The van der Waals surface area contributed by atoms with Crippen LogP contribution in [-0.2, 0) is 13.6 Å². The monoisotopic (exact) mass is 670 g/mol. The zero-order chi connectivity index (χ0) is 33.0. The Balaban J connectivity index is 1.34. The van der Waals surface area contributed by atoms with Crippen LogP contribution in [0.15, 0.2) is 102 Å². The SMILES string of the molecule is Cn1c(=O)n(CC(C)(C)C)c2cc(-c3ncccc3Oc3nc4ccccc4s3)c(-c3ncccc3Oc3nc4ccccc4s3)cc21. The van der Waals surface area contributed by atoms with Gasteiger partial charge in [0.25, 0.3) is 10.4 Å². The van der Waals surface area contributed by atoms with Crippen LogP contribution in [-0.4, -0.2) is 29.1 Å². The number of rotatable bonds is 7. The molecule has 3 aromatic carbocycles. The summed E-state index contributed by atoms with van der Waals surface area (Å²) in [6, 6.07) is 27.3. The van der Waals surface area contributed by atoms with Gasteiger partial charge in [-0.3, -0.25) is 19.1 Å². The van der Waals surface area contributed by atoms with E-state index in [0.717, 1.165) is 42.6 Å². The van der Waals surface area contributed by atoms with E-state index in [-0.39, 0.29) is 11.1 Å². The molecule has 0 fully saturated rings. The van der Waals surface area contributed by atoms with Gasteiger partial charge in [-0.05, 0) is 66.1 Å². The van der Waals surface area contributed by atoms with Crippen LogP contribution in [0.2, 0.25) is 0 Å². The van der Waals surface area contributed by atoms with E-state index in [0.29, 0.717) is 39.8 Å². The second-order valence-corrected chi connectivity index (χ2v) is 14.7. The number of hydrogen-bond acceptors (Lipinski definition) is 9. The molecule has 0 amide bonds. The lowest BCUT2D eigenvalue weighted by Gasteiger charge is -2.19. The second-order valence-electron chi connectivity index (χ2n) is 12.7. The minimum Gasteiger partial charge on any atom is -0.429 e. The Morgan fingerprint density at radius 1 is 0.688 bits per heavy atom. The van der Waals surface area contributed by atoms with Crippen LogP contribution < -0.4 is 15.2 Å². The molecule has 0 N–H and O–H groups in total. The molecule has 9 nitrogen and oxygen atoms in total. The summed E-state index contributed by atoms with van der Waals surface area (Å²) in [4.78, 5) is 32.8. The summed E-state index contributed by atoms with van der Waals surface area (Å²) in [6.07, 6.45) is 3.47. The van der Waals surface area contributed by atoms with E-state index in [9.17, 15) is 4.79 Å². The molecule has 0 spiro atoms. The molecule has 11 heteroatoms. The average Bonchev–Trinajstić information content (AvgIpc) is 3.74. The maximum absolute atomic E-state index is 13.7. The van der Waals surface area contributed by atoms with Crippen LogP contribution in [0.4, 0.5) is 0 Å². The number of para-hydroxylation sites is 2. The summed E-state index contributed by atoms with van der Waals surface area (Å²) in [7, 11) is 1.80. The lowest BCUT2D eigenvalue weighted by Crippen LogP contribution is -2.27. The van der Waals surface area contributed by atoms with E-state index in [1.165, 1.54) is 22.7 Å². The number of hydrogen-bond donors (Lipinski definition) is 0. The zero-order valence-electron chi connectivity index (χ0n) is 26.7. The van der Waals surface area contributed by atoms with Crippen molar-refractivity contribution in [2.75, 3.05) is 0 Å². The Hall–Kier alpha value is -5.39. The van der Waals surface area contributed by atoms with Crippen molar-refractivity contribution < 1.29 is 9.47 Å². The molecule has 48 heavy (non-hydrogen) atoms. The van der Waals surface area contributed by atoms with Gasteiger partial charge in [-0.2, -0.15) is 0 Å². The molecule has 0 aliphatic carbocycles. The lowest BCUT2D eigenvalue weighted by molar-refractivity contribution is 0.342. The minimum absolute atomic E-state index is 0.0954. The highest BCUT2D eigenvalue weighted by atomic mass is 32.1. The third kappa shape index (κ3) is 5.50. The van der Waals surface area contributed by atoms with Gasteiger partial charge in [-0.25, -0.2) is 14.8 Å². The summed E-state index contributed by atoms with van der Waals surface area (Å²) in [6.45, 7) is 6.90. The van der Waals surface area contributed by atoms with Crippen molar-refractivity contribution >= 4 is 54.1 Å². The first-order valence-corrected chi connectivity index (χ1v) is 17.1. The van der Waals surface area contributed by atoms with E-state index in [1.807, 2.05) is 89.5 Å². The van der Waals surface area contributed by atoms with Gasteiger partial charge in [0.15, 0.2) is 11.5 Å². The van der Waals surface area contributed by atoms with Crippen LogP contribution in [0.5, 0.6) is 21.9 Å². The number of nitrogens with zero attached hydrogens (tertiary/aromatic N) is 6. The number of thiazole rings is 2. The number of imidazole rings is 1. The van der Waals surface area contributed by atoms with Gasteiger partial charge in [0.05, 0.1) is 31.5 Å². The molecule has 5 heterocycles. The normalized spacial score (nSPS) is 11.9. The molecule has 0 radical (unpaired) electrons. The van der Waals surface area contributed by atoms with Crippen LogP contribution in [0.25, 0.3) is 54.0 Å². The van der Waals surface area contributed by atoms with Crippen molar-refractivity contribution in [3.05, 3.63) is 108 Å². The zero-order valence-corrected chi connectivity index (χ0v) is 28.3. The first kappa shape index (κ1) is 30.0. The van der Waals surface area contributed by atoms with Crippen molar-refractivity contribution in [3.8, 4) is 44.4 Å². The number of pyridine rings is 2. The average molecular weight is 671 g/mol. The third-order valence-corrected chi connectivity index (χ3v) is 9.74. The maximum Gasteiger partial charge on any atom is 0.328 e. The molecule has 0 unspecified atom stereocenters. The van der Waals surface area contributed by atoms with Gasteiger partial charge in [0, 0.05) is 37.1 Å². The molecule has 0 aliphatic heterocycles. The van der Waals surface area contributed by atoms with E-state index < -0.39 is 0 Å². The van der Waals surface area contributed by atoms with Crippen LogP contribution in [0.1, 0.15) is 20.8 Å². The van der Waals surface area contributed by atoms with Crippen molar-refractivity contribution in [3.63, 3.8) is 0 Å². The van der Waals surface area contributed by atoms with Gasteiger partial charge < -0.3 is 9.47 Å². The summed E-state index contributed by atoms with van der Waals surface area (Å²) >= 11 is 2.94. The van der Waals surface area contributed by atoms with Gasteiger partial charge in [0.2, 0.25) is 0 Å². The Labute approximate surface area is 283 Å². The summed E-state index contributed by atoms with van der Waals surface area (Å²) in [5.74, 6) is 1.06. The molecular formula is C37H30N6O3S2. The van der Waals surface area contributed by atoms with Gasteiger partial charge in [0.1, 0.15) is 11.4 Å². The first-order valence-electron chi connectivity index (χ1n) is 15.4. The predicted molar refractivity (Wildman–Crippen MR) is 192 cm³/mol. The highest BCUT2D eigenvalue weighted by molar-refractivity contribution is 7.20. The molecule has 8 rings (SSSR count). The van der Waals surface area contributed by atoms with Crippen molar-refractivity contribution in [2.24, 2.45) is 12.5 Å². The lowest BCUT2D eigenvalue weighted by atomic mass is 9.96.